The van der Waals surface area contributed by atoms with Gasteiger partial charge >= 0.3 is 0 Å². The van der Waals surface area contributed by atoms with Gasteiger partial charge in [0.25, 0.3) is 0 Å². The van der Waals surface area contributed by atoms with Crippen molar-refractivity contribution in [1.29, 1.82) is 0 Å². The van der Waals surface area contributed by atoms with E-state index in [0.29, 0.717) is 13.2 Å². The van der Waals surface area contributed by atoms with E-state index in [2.05, 4.69) is 135 Å². The minimum absolute atomic E-state index is 0.671. The van der Waals surface area contributed by atoms with Gasteiger partial charge in [-0.2, -0.15) is 0 Å². The molecule has 0 atom stereocenters. The fourth-order valence-electron chi connectivity index (χ4n) is 11.7. The number of hydrogen-bond acceptors (Lipinski definition) is 4. The second-order valence-corrected chi connectivity index (χ2v) is 21.1. The van der Waals surface area contributed by atoms with Crippen LogP contribution in [0.15, 0.2) is 121 Å². The van der Waals surface area contributed by atoms with E-state index in [1.54, 1.807) is 0 Å². The molecule has 0 aliphatic heterocycles. The van der Waals surface area contributed by atoms with Gasteiger partial charge in [-0.15, -0.1) is 0 Å². The minimum Gasteiger partial charge on any atom is -0.494 e. The van der Waals surface area contributed by atoms with Crippen molar-refractivity contribution in [3.05, 3.63) is 132 Å². The molecule has 70 heavy (non-hydrogen) atoms. The smallest absolute Gasteiger partial charge is 0.127 e. The van der Waals surface area contributed by atoms with Crippen molar-refractivity contribution in [2.45, 2.75) is 180 Å². The van der Waals surface area contributed by atoms with Crippen LogP contribution >= 0.6 is 0 Å². The van der Waals surface area contributed by atoms with Crippen LogP contribution in [0.5, 0.6) is 23.0 Å². The molecule has 0 amide bonds. The number of hydrogen-bond donors (Lipinski definition) is 0. The van der Waals surface area contributed by atoms with Gasteiger partial charge in [-0.25, -0.2) is 0 Å². The first-order valence-electron chi connectivity index (χ1n) is 28.4. The fourth-order valence-corrected chi connectivity index (χ4v) is 11.7. The third kappa shape index (κ3) is 15.0. The Kier molecular flexibility index (Phi) is 20.7. The van der Waals surface area contributed by atoms with Crippen molar-refractivity contribution in [2.75, 3.05) is 26.4 Å². The number of rotatable bonds is 29. The molecule has 0 aromatic heterocycles. The van der Waals surface area contributed by atoms with E-state index in [1.807, 2.05) is 0 Å². The molecule has 8 rings (SSSR count). The topological polar surface area (TPSA) is 36.9 Å². The highest BCUT2D eigenvalue weighted by Gasteiger charge is 2.24. The second kappa shape index (κ2) is 28.2. The minimum atomic E-state index is 0.671. The Hall–Kier alpha value is -4.96. The van der Waals surface area contributed by atoms with Gasteiger partial charge in [-0.05, 0) is 195 Å². The number of benzene rings is 6. The summed E-state index contributed by atoms with van der Waals surface area (Å²) >= 11 is 0. The van der Waals surface area contributed by atoms with E-state index in [-0.39, 0.29) is 0 Å². The summed E-state index contributed by atoms with van der Waals surface area (Å²) in [7, 11) is 0. The average molecular weight is 943 g/mol. The molecule has 0 saturated heterocycles. The Balaban J connectivity index is 0.773. The van der Waals surface area contributed by atoms with Gasteiger partial charge in [0.1, 0.15) is 23.0 Å². The van der Waals surface area contributed by atoms with Crippen LogP contribution in [0.3, 0.4) is 0 Å². The molecule has 6 aromatic rings. The first-order chi connectivity index (χ1) is 34.7. The lowest BCUT2D eigenvalue weighted by atomic mass is 9.77. The standard InChI is InChI=1S/C66H86O4/c1-3-5-11-21-51-27-31-53(32-28-51)55-35-41-59(42-36-55)67-47-17-7-9-19-49-69-63-45-39-57-23-13-15-25-61(57)65(63)66-62-26-16-14-24-58(62)40-46-64(66)70-50-20-10-8-18-48-68-60-43-37-56(38-44-60)54-33-29-52(30-34-54)22-12-6-4-2/h13-16,23-26,35-46,51-54H,3-12,17-22,27-34,47-50H2,1-2H3/t51-,52?,53-,54?. The van der Waals surface area contributed by atoms with Crippen molar-refractivity contribution < 1.29 is 18.9 Å². The molecule has 2 fully saturated rings. The summed E-state index contributed by atoms with van der Waals surface area (Å²) in [6, 6.07) is 44.2. The molecule has 0 N–H and O–H groups in total. The van der Waals surface area contributed by atoms with Crippen molar-refractivity contribution in [1.82, 2.24) is 0 Å². The SMILES string of the molecule is CCCCCC1CCC(c2ccc(OCCCCCCOc3ccc4ccccc4c3-c3c(OCCCCCCOc4ccc([C@H]5CC[C@H](CCCCC)CC5)cc4)ccc4ccccc34)cc2)CC1. The first kappa shape index (κ1) is 51.4. The lowest BCUT2D eigenvalue weighted by molar-refractivity contribution is 0.286. The molecule has 4 nitrogen and oxygen atoms in total. The Morgan fingerprint density at radius 1 is 0.343 bits per heavy atom. The summed E-state index contributed by atoms with van der Waals surface area (Å²) < 4.78 is 25.9. The molecule has 6 aromatic carbocycles. The number of ether oxygens (including phenoxy) is 4. The lowest BCUT2D eigenvalue weighted by Crippen LogP contribution is -2.13. The van der Waals surface area contributed by atoms with Gasteiger partial charge < -0.3 is 18.9 Å². The molecule has 0 spiro atoms. The van der Waals surface area contributed by atoms with E-state index in [4.69, 9.17) is 18.9 Å². The number of fused-ring (bicyclic) bond motifs is 2. The van der Waals surface area contributed by atoms with E-state index in [1.165, 1.54) is 135 Å². The highest BCUT2D eigenvalue weighted by molar-refractivity contribution is 6.09. The molecule has 2 saturated carbocycles. The third-order valence-corrected chi connectivity index (χ3v) is 16.0. The molecule has 4 heteroatoms. The van der Waals surface area contributed by atoms with Crippen LogP contribution in [-0.4, -0.2) is 26.4 Å². The molecule has 0 unspecified atom stereocenters. The van der Waals surface area contributed by atoms with Crippen molar-refractivity contribution in [3.8, 4) is 34.1 Å². The zero-order valence-corrected chi connectivity index (χ0v) is 43.3. The third-order valence-electron chi connectivity index (χ3n) is 16.0. The largest absolute Gasteiger partial charge is 0.494 e. The van der Waals surface area contributed by atoms with Crippen molar-refractivity contribution >= 4 is 21.5 Å². The van der Waals surface area contributed by atoms with Gasteiger partial charge in [0, 0.05) is 11.1 Å². The van der Waals surface area contributed by atoms with Crippen LogP contribution in [0.25, 0.3) is 32.7 Å². The normalized spacial score (nSPS) is 18.3. The van der Waals surface area contributed by atoms with Crippen molar-refractivity contribution in [2.24, 2.45) is 11.8 Å². The molecule has 0 bridgehead atoms. The van der Waals surface area contributed by atoms with Crippen molar-refractivity contribution in [3.63, 3.8) is 0 Å². The zero-order chi connectivity index (χ0) is 48.0. The Morgan fingerprint density at radius 2 is 0.714 bits per heavy atom. The Morgan fingerprint density at radius 3 is 1.10 bits per heavy atom. The molecule has 0 heterocycles. The highest BCUT2D eigenvalue weighted by Crippen LogP contribution is 2.46. The average Bonchev–Trinajstić information content (AvgIpc) is 3.41. The molecular formula is C66H86O4. The molecule has 0 radical (unpaired) electrons. The van der Waals surface area contributed by atoms with Crippen LogP contribution in [0.4, 0.5) is 0 Å². The molecule has 2 aliphatic rings. The van der Waals surface area contributed by atoms with Gasteiger partial charge in [-0.1, -0.05) is 150 Å². The van der Waals surface area contributed by atoms with Gasteiger partial charge in [0.15, 0.2) is 0 Å². The summed E-state index contributed by atoms with van der Waals surface area (Å²) in [5.41, 5.74) is 5.24. The fraction of sp³-hybridized carbons (Fsp3) is 0.515. The number of unbranched alkanes of at least 4 members (excludes halogenated alkanes) is 10. The quantitative estimate of drug-likeness (QED) is 0.0439. The van der Waals surface area contributed by atoms with Crippen LogP contribution in [0, 0.1) is 11.8 Å². The van der Waals surface area contributed by atoms with Crippen LogP contribution in [0.1, 0.15) is 191 Å². The summed E-state index contributed by atoms with van der Waals surface area (Å²) in [5.74, 6) is 7.18. The maximum absolute atomic E-state index is 6.73. The Labute approximate surface area is 423 Å². The predicted molar refractivity (Wildman–Crippen MR) is 296 cm³/mol. The van der Waals surface area contributed by atoms with E-state index >= 15 is 0 Å². The zero-order valence-electron chi connectivity index (χ0n) is 43.3. The Bertz CT molecular complexity index is 2230. The summed E-state index contributed by atoms with van der Waals surface area (Å²) in [6.45, 7) is 7.47. The maximum atomic E-state index is 6.73. The van der Waals surface area contributed by atoms with Crippen LogP contribution in [0.2, 0.25) is 0 Å². The van der Waals surface area contributed by atoms with E-state index in [0.717, 1.165) is 122 Å². The molecular weight excluding hydrogens is 857 g/mol. The predicted octanol–water partition coefficient (Wildman–Crippen LogP) is 19.4. The summed E-state index contributed by atoms with van der Waals surface area (Å²) in [6.07, 6.45) is 30.6. The van der Waals surface area contributed by atoms with Gasteiger partial charge in [-0.3, -0.25) is 0 Å². The van der Waals surface area contributed by atoms with Crippen LogP contribution in [-0.2, 0) is 0 Å². The monoisotopic (exact) mass is 943 g/mol. The molecule has 374 valence electrons. The second-order valence-electron chi connectivity index (χ2n) is 21.1. The summed E-state index contributed by atoms with van der Waals surface area (Å²) in [4.78, 5) is 0. The van der Waals surface area contributed by atoms with E-state index in [9.17, 15) is 0 Å². The van der Waals surface area contributed by atoms with E-state index < -0.39 is 0 Å². The highest BCUT2D eigenvalue weighted by atomic mass is 16.5. The first-order valence-corrected chi connectivity index (χ1v) is 28.4. The molecule has 2 aliphatic carbocycles. The lowest BCUT2D eigenvalue weighted by Gasteiger charge is -2.29. The van der Waals surface area contributed by atoms with Crippen LogP contribution < -0.4 is 18.9 Å². The summed E-state index contributed by atoms with van der Waals surface area (Å²) in [5, 5.41) is 4.78. The van der Waals surface area contributed by atoms with Gasteiger partial charge in [0.2, 0.25) is 0 Å². The maximum Gasteiger partial charge on any atom is 0.127 e. The van der Waals surface area contributed by atoms with Gasteiger partial charge in [0.05, 0.1) is 26.4 Å².